The number of hydrogen-bond donors (Lipinski definition) is 0. The number of aryl methyl sites for hydroxylation is 1. The van der Waals surface area contributed by atoms with Gasteiger partial charge in [0.15, 0.2) is 0 Å². The van der Waals surface area contributed by atoms with Gasteiger partial charge in [-0.1, -0.05) is 29.3 Å². The van der Waals surface area contributed by atoms with Gasteiger partial charge in [-0.2, -0.15) is 0 Å². The number of rotatable bonds is 3. The zero-order valence-electron chi connectivity index (χ0n) is 10.8. The first-order valence-electron chi connectivity index (χ1n) is 6.29. The molecule has 21 heavy (non-hydrogen) atoms. The number of alkyl halides is 1. The van der Waals surface area contributed by atoms with E-state index in [1.165, 1.54) is 0 Å². The summed E-state index contributed by atoms with van der Waals surface area (Å²) >= 11 is 20.9. The molecule has 0 radical (unpaired) electrons. The third kappa shape index (κ3) is 2.89. The average Bonchev–Trinajstić information content (AvgIpc) is 2.79. The van der Waals surface area contributed by atoms with Crippen molar-refractivity contribution in [2.45, 2.75) is 6.42 Å². The van der Waals surface area contributed by atoms with E-state index in [2.05, 4.69) is 27.6 Å². The molecular weight excluding hydrogens is 441 g/mol. The number of imidazole rings is 1. The summed E-state index contributed by atoms with van der Waals surface area (Å²) in [6, 6.07) is 11.6. The lowest BCUT2D eigenvalue weighted by Crippen LogP contribution is -2.03. The standard InChI is InChI=1S/C15H10Cl3IN2/c16-7-6-14-20-12-3-1-2-10(17)15(12)21(14)13-5-4-9(19)8-11(13)18/h1-5,8H,6-7H2. The highest BCUT2D eigenvalue weighted by Gasteiger charge is 2.16. The second-order valence-corrected chi connectivity index (χ2v) is 6.94. The lowest BCUT2D eigenvalue weighted by molar-refractivity contribution is 0.912. The van der Waals surface area contributed by atoms with Gasteiger partial charge >= 0.3 is 0 Å². The zero-order valence-corrected chi connectivity index (χ0v) is 15.2. The number of halogens is 4. The molecule has 108 valence electrons. The third-order valence-electron chi connectivity index (χ3n) is 3.17. The molecule has 0 spiro atoms. The Kier molecular flexibility index (Phi) is 4.64. The highest BCUT2D eigenvalue weighted by Crippen LogP contribution is 2.32. The van der Waals surface area contributed by atoms with Gasteiger partial charge in [-0.15, -0.1) is 11.6 Å². The van der Waals surface area contributed by atoms with E-state index in [0.717, 1.165) is 26.1 Å². The molecule has 0 aliphatic carbocycles. The van der Waals surface area contributed by atoms with Crippen molar-refractivity contribution in [3.05, 3.63) is 55.8 Å². The molecule has 6 heteroatoms. The molecule has 1 heterocycles. The third-order valence-corrected chi connectivity index (χ3v) is 4.63. The predicted molar refractivity (Wildman–Crippen MR) is 98.2 cm³/mol. The Labute approximate surface area is 151 Å². The maximum atomic E-state index is 6.42. The Hall–Kier alpha value is -0.490. The molecule has 0 atom stereocenters. The van der Waals surface area contributed by atoms with E-state index in [9.17, 15) is 0 Å². The normalized spacial score (nSPS) is 11.2. The SMILES string of the molecule is ClCCc1nc2cccc(Cl)c2n1-c1ccc(I)cc1Cl. The molecule has 0 saturated carbocycles. The van der Waals surface area contributed by atoms with E-state index in [-0.39, 0.29) is 0 Å². The van der Waals surface area contributed by atoms with Crippen molar-refractivity contribution < 1.29 is 0 Å². The van der Waals surface area contributed by atoms with Crippen LogP contribution < -0.4 is 0 Å². The van der Waals surface area contributed by atoms with E-state index in [1.54, 1.807) is 0 Å². The molecular formula is C15H10Cl3IN2. The summed E-state index contributed by atoms with van der Waals surface area (Å²) < 4.78 is 3.08. The minimum Gasteiger partial charge on any atom is -0.293 e. The molecule has 0 bridgehead atoms. The highest BCUT2D eigenvalue weighted by atomic mass is 127. The van der Waals surface area contributed by atoms with Crippen molar-refractivity contribution >= 4 is 68.4 Å². The van der Waals surface area contributed by atoms with E-state index in [4.69, 9.17) is 34.8 Å². The Morgan fingerprint density at radius 2 is 1.90 bits per heavy atom. The summed E-state index contributed by atoms with van der Waals surface area (Å²) in [6.45, 7) is 0. The summed E-state index contributed by atoms with van der Waals surface area (Å²) in [4.78, 5) is 4.64. The van der Waals surface area contributed by atoms with Crippen LogP contribution in [-0.2, 0) is 6.42 Å². The van der Waals surface area contributed by atoms with Crippen LogP contribution in [-0.4, -0.2) is 15.4 Å². The summed E-state index contributed by atoms with van der Waals surface area (Å²) in [7, 11) is 0. The monoisotopic (exact) mass is 450 g/mol. The number of aromatic nitrogens is 2. The minimum absolute atomic E-state index is 0.489. The number of fused-ring (bicyclic) bond motifs is 1. The van der Waals surface area contributed by atoms with Crippen LogP contribution in [0.1, 0.15) is 5.82 Å². The van der Waals surface area contributed by atoms with Crippen molar-refractivity contribution in [1.82, 2.24) is 9.55 Å². The number of benzene rings is 2. The molecule has 3 aromatic rings. The van der Waals surface area contributed by atoms with E-state index in [0.29, 0.717) is 22.3 Å². The first kappa shape index (κ1) is 15.4. The van der Waals surface area contributed by atoms with Gasteiger partial charge in [0.2, 0.25) is 0 Å². The van der Waals surface area contributed by atoms with Crippen LogP contribution in [0.5, 0.6) is 0 Å². The van der Waals surface area contributed by atoms with Crippen molar-refractivity contribution in [3.8, 4) is 5.69 Å². The molecule has 0 aliphatic rings. The van der Waals surface area contributed by atoms with Crippen LogP contribution in [0.15, 0.2) is 36.4 Å². The van der Waals surface area contributed by atoms with Crippen molar-refractivity contribution in [2.24, 2.45) is 0 Å². The smallest absolute Gasteiger partial charge is 0.115 e. The Balaban J connectivity index is 2.35. The quantitative estimate of drug-likeness (QED) is 0.368. The van der Waals surface area contributed by atoms with Crippen molar-refractivity contribution in [1.29, 1.82) is 0 Å². The van der Waals surface area contributed by atoms with Gasteiger partial charge in [0.25, 0.3) is 0 Å². The Morgan fingerprint density at radius 1 is 1.10 bits per heavy atom. The second kappa shape index (κ2) is 6.32. The molecule has 0 unspecified atom stereocenters. The largest absolute Gasteiger partial charge is 0.293 e. The van der Waals surface area contributed by atoms with Crippen LogP contribution in [0.2, 0.25) is 10.0 Å². The fourth-order valence-corrected chi connectivity index (χ4v) is 3.67. The van der Waals surface area contributed by atoms with Gasteiger partial charge in [0.1, 0.15) is 5.82 Å². The molecule has 2 nitrogen and oxygen atoms in total. The highest BCUT2D eigenvalue weighted by molar-refractivity contribution is 14.1. The molecule has 0 aliphatic heterocycles. The molecule has 0 fully saturated rings. The van der Waals surface area contributed by atoms with E-state index in [1.807, 2.05) is 41.0 Å². The molecule has 0 amide bonds. The molecule has 1 aromatic heterocycles. The van der Waals surface area contributed by atoms with Gasteiger partial charge in [-0.05, 0) is 52.9 Å². The van der Waals surface area contributed by atoms with E-state index < -0.39 is 0 Å². The van der Waals surface area contributed by atoms with Gasteiger partial charge in [-0.25, -0.2) is 4.98 Å². The van der Waals surface area contributed by atoms with Crippen molar-refractivity contribution in [2.75, 3.05) is 5.88 Å². The number of nitrogens with zero attached hydrogens (tertiary/aromatic N) is 2. The van der Waals surface area contributed by atoms with Crippen LogP contribution in [0.25, 0.3) is 16.7 Å². The Morgan fingerprint density at radius 3 is 2.62 bits per heavy atom. The molecule has 0 saturated heterocycles. The van der Waals surface area contributed by atoms with E-state index >= 15 is 0 Å². The van der Waals surface area contributed by atoms with Crippen LogP contribution in [0.3, 0.4) is 0 Å². The summed E-state index contributed by atoms with van der Waals surface area (Å²) in [5, 5.41) is 1.31. The summed E-state index contributed by atoms with van der Waals surface area (Å²) in [5.41, 5.74) is 2.58. The van der Waals surface area contributed by atoms with Gasteiger partial charge in [0.05, 0.1) is 26.8 Å². The summed E-state index contributed by atoms with van der Waals surface area (Å²) in [5.74, 6) is 1.35. The molecule has 3 rings (SSSR count). The lowest BCUT2D eigenvalue weighted by atomic mass is 10.2. The fraction of sp³-hybridized carbons (Fsp3) is 0.133. The van der Waals surface area contributed by atoms with Gasteiger partial charge in [-0.3, -0.25) is 4.57 Å². The topological polar surface area (TPSA) is 17.8 Å². The molecule has 0 N–H and O–H groups in total. The first-order chi connectivity index (χ1) is 10.1. The summed E-state index contributed by atoms with van der Waals surface area (Å²) in [6.07, 6.45) is 0.648. The molecule has 2 aromatic carbocycles. The predicted octanol–water partition coefficient (Wildman–Crippen LogP) is 5.72. The first-order valence-corrected chi connectivity index (χ1v) is 8.66. The number of hydrogen-bond acceptors (Lipinski definition) is 1. The van der Waals surface area contributed by atoms with Crippen LogP contribution >= 0.6 is 57.4 Å². The minimum atomic E-state index is 0.489. The Bertz CT molecular complexity index is 814. The fourth-order valence-electron chi connectivity index (χ4n) is 2.31. The second-order valence-electron chi connectivity index (χ2n) is 4.51. The van der Waals surface area contributed by atoms with Gasteiger partial charge in [0, 0.05) is 15.9 Å². The van der Waals surface area contributed by atoms with Crippen LogP contribution in [0.4, 0.5) is 0 Å². The average molecular weight is 452 g/mol. The van der Waals surface area contributed by atoms with Crippen LogP contribution in [0, 0.1) is 3.57 Å². The maximum absolute atomic E-state index is 6.42. The lowest BCUT2D eigenvalue weighted by Gasteiger charge is -2.11. The zero-order chi connectivity index (χ0) is 15.0. The van der Waals surface area contributed by atoms with Crippen molar-refractivity contribution in [3.63, 3.8) is 0 Å². The number of para-hydroxylation sites is 1. The van der Waals surface area contributed by atoms with Gasteiger partial charge < -0.3 is 0 Å². The maximum Gasteiger partial charge on any atom is 0.115 e.